The maximum absolute atomic E-state index is 13.7. The number of aryl methyl sites for hydroxylation is 3. The number of urea groups is 1. The number of anilines is 3. The Hall–Kier alpha value is -4.58. The third-order valence-corrected chi connectivity index (χ3v) is 10.2. The molecule has 3 amide bonds. The predicted octanol–water partition coefficient (Wildman–Crippen LogP) is 6.48. The minimum Gasteiger partial charge on any atom is -0.489 e. The highest BCUT2D eigenvalue weighted by molar-refractivity contribution is 9.10. The molecular weight excluding hydrogens is 777 g/mol. The lowest BCUT2D eigenvalue weighted by molar-refractivity contribution is -0.136. The summed E-state index contributed by atoms with van der Waals surface area (Å²) < 4.78 is 65.1. The van der Waals surface area contributed by atoms with Crippen LogP contribution in [0.4, 0.5) is 35.2 Å². The van der Waals surface area contributed by atoms with E-state index in [1.807, 2.05) is 26.8 Å². The van der Waals surface area contributed by atoms with E-state index in [2.05, 4.69) is 41.4 Å². The Morgan fingerprint density at radius 3 is 2.63 bits per heavy atom. The Balaban J connectivity index is 1.03. The Morgan fingerprint density at radius 1 is 1.09 bits per heavy atom. The van der Waals surface area contributed by atoms with Crippen molar-refractivity contribution in [2.45, 2.75) is 58.4 Å². The van der Waals surface area contributed by atoms with Gasteiger partial charge in [-0.3, -0.25) is 20.0 Å². The summed E-state index contributed by atoms with van der Waals surface area (Å²) in [5.74, 6) is 0.395. The number of ether oxygens (including phenoxy) is 3. The average Bonchev–Trinajstić information content (AvgIpc) is 3.10. The van der Waals surface area contributed by atoms with Gasteiger partial charge < -0.3 is 28.8 Å². The summed E-state index contributed by atoms with van der Waals surface area (Å²) in [6.45, 7) is 9.79. The molecule has 1 saturated heterocycles. The van der Waals surface area contributed by atoms with E-state index >= 15 is 0 Å². The minimum absolute atomic E-state index is 0.208. The van der Waals surface area contributed by atoms with Gasteiger partial charge in [-0.05, 0) is 69.9 Å². The molecule has 17 heteroatoms. The Kier molecular flexibility index (Phi) is 11.6. The summed E-state index contributed by atoms with van der Waals surface area (Å²) in [6.07, 6.45) is -1.06. The molecule has 288 valence electrons. The highest BCUT2D eigenvalue weighted by Crippen LogP contribution is 2.42. The van der Waals surface area contributed by atoms with Gasteiger partial charge in [-0.15, -0.1) is 0 Å². The summed E-state index contributed by atoms with van der Waals surface area (Å²) in [6, 6.07) is 6.22. The summed E-state index contributed by atoms with van der Waals surface area (Å²) in [5, 5.41) is 5.23. The number of alkyl halides is 3. The van der Waals surface area contributed by atoms with E-state index in [0.717, 1.165) is 15.7 Å². The first-order chi connectivity index (χ1) is 25.6. The van der Waals surface area contributed by atoms with E-state index in [9.17, 15) is 27.6 Å². The number of benzene rings is 2. The van der Waals surface area contributed by atoms with Gasteiger partial charge >= 0.3 is 17.8 Å². The second-order valence-corrected chi connectivity index (χ2v) is 14.7. The van der Waals surface area contributed by atoms with Crippen LogP contribution in [0.1, 0.15) is 42.7 Å². The van der Waals surface area contributed by atoms with Crippen LogP contribution in [0.2, 0.25) is 0 Å². The molecule has 0 aliphatic carbocycles. The fourth-order valence-corrected chi connectivity index (χ4v) is 6.86. The van der Waals surface area contributed by atoms with Crippen LogP contribution in [0.25, 0.3) is 11.0 Å². The summed E-state index contributed by atoms with van der Waals surface area (Å²) in [7, 11) is 0. The van der Waals surface area contributed by atoms with Crippen LogP contribution in [-0.4, -0.2) is 84.5 Å². The van der Waals surface area contributed by atoms with E-state index in [1.165, 1.54) is 23.2 Å². The van der Waals surface area contributed by atoms with Crippen molar-refractivity contribution >= 4 is 56.0 Å². The summed E-state index contributed by atoms with van der Waals surface area (Å²) in [4.78, 5) is 50.3. The van der Waals surface area contributed by atoms with Gasteiger partial charge in [-0.25, -0.2) is 14.6 Å². The van der Waals surface area contributed by atoms with Crippen molar-refractivity contribution in [3.63, 3.8) is 0 Å². The first-order valence-electron chi connectivity index (χ1n) is 17.3. The Morgan fingerprint density at radius 2 is 1.89 bits per heavy atom. The quantitative estimate of drug-likeness (QED) is 0.135. The number of hydrogen-bond acceptors (Lipinski definition) is 10. The van der Waals surface area contributed by atoms with Crippen LogP contribution in [0.3, 0.4) is 0 Å². The van der Waals surface area contributed by atoms with Crippen molar-refractivity contribution in [2.24, 2.45) is 0 Å². The molecule has 1 fully saturated rings. The molecule has 0 spiro atoms. The zero-order valence-corrected chi connectivity index (χ0v) is 31.7. The third-order valence-electron chi connectivity index (χ3n) is 9.31. The molecule has 2 aromatic heterocycles. The third kappa shape index (κ3) is 9.19. The molecule has 2 aliphatic rings. The van der Waals surface area contributed by atoms with E-state index in [1.54, 1.807) is 19.2 Å². The molecule has 4 heterocycles. The molecule has 54 heavy (non-hydrogen) atoms. The monoisotopic (exact) mass is 816 g/mol. The second-order valence-electron chi connectivity index (χ2n) is 13.9. The number of halogens is 4. The normalized spacial score (nSPS) is 17.3. The van der Waals surface area contributed by atoms with Gasteiger partial charge in [0, 0.05) is 47.2 Å². The molecule has 13 nitrogen and oxygen atoms in total. The van der Waals surface area contributed by atoms with E-state index < -0.39 is 28.9 Å². The number of aromatic nitrogens is 2. The largest absolute Gasteiger partial charge is 0.489 e. The van der Waals surface area contributed by atoms with Crippen LogP contribution in [0.15, 0.2) is 56.4 Å². The number of rotatable bonds is 10. The van der Waals surface area contributed by atoms with E-state index in [-0.39, 0.29) is 42.8 Å². The van der Waals surface area contributed by atoms with Crippen molar-refractivity contribution in [3.05, 3.63) is 80.0 Å². The van der Waals surface area contributed by atoms with Crippen LogP contribution in [0.5, 0.6) is 5.75 Å². The first-order valence-corrected chi connectivity index (χ1v) is 18.1. The van der Waals surface area contributed by atoms with Crippen LogP contribution < -0.4 is 25.9 Å². The SMILES string of the molecule is Cc1cnc(NC(=O)Nc2cc(Br)c(C)cc2OC[C@@H]2CN(CCOCC(=O)N3c4cc5oc(=O)cc(C(F)(F)F)c5cc4CCC3(C)C)CCO2)cn1. The zero-order chi connectivity index (χ0) is 38.8. The molecule has 6 rings (SSSR count). The van der Waals surface area contributed by atoms with Gasteiger partial charge in [0.1, 0.15) is 30.7 Å². The van der Waals surface area contributed by atoms with E-state index in [4.69, 9.17) is 18.6 Å². The molecule has 0 unspecified atom stereocenters. The van der Waals surface area contributed by atoms with Crippen LogP contribution >= 0.6 is 15.9 Å². The predicted molar refractivity (Wildman–Crippen MR) is 198 cm³/mol. The van der Waals surface area contributed by atoms with Gasteiger partial charge in [-0.2, -0.15) is 13.2 Å². The van der Waals surface area contributed by atoms with Crippen molar-refractivity contribution in [2.75, 3.05) is 61.6 Å². The average molecular weight is 818 g/mol. The maximum atomic E-state index is 13.7. The van der Waals surface area contributed by atoms with E-state index in [0.29, 0.717) is 73.7 Å². The van der Waals surface area contributed by atoms with Gasteiger partial charge in [0.2, 0.25) is 0 Å². The molecule has 1 atom stereocenters. The second kappa shape index (κ2) is 16.0. The molecule has 2 N–H and O–H groups in total. The van der Waals surface area contributed by atoms with Crippen molar-refractivity contribution in [1.29, 1.82) is 0 Å². The van der Waals surface area contributed by atoms with Crippen LogP contribution in [-0.2, 0) is 26.9 Å². The number of carbonyl (C=O) groups excluding carboxylic acids is 2. The van der Waals surface area contributed by atoms with Crippen molar-refractivity contribution < 1.29 is 41.4 Å². The molecular formula is C37H40BrF3N6O7. The van der Waals surface area contributed by atoms with Gasteiger partial charge in [0.15, 0.2) is 5.82 Å². The lowest BCUT2D eigenvalue weighted by Gasteiger charge is -2.43. The number of hydrogen-bond donors (Lipinski definition) is 2. The standard InChI is InChI=1S/C37H40BrF3N6O7/c1-21-11-31(28(14-27(21)38)44-35(50)45-32-17-42-22(2)16-43-32)53-19-24-18-46(8-10-52-24)7-9-51-20-33(48)47-29-15-30-25(12-23(29)5-6-36(47,3)4)26(37(39,40)41)13-34(49)54-30/h11-17,24H,5-10,18-20H2,1-4H3,(H2,43,44,45,50)/t24-/m0/s1. The fraction of sp³-hybridized carbons (Fsp3) is 0.432. The highest BCUT2D eigenvalue weighted by Gasteiger charge is 2.39. The van der Waals surface area contributed by atoms with Gasteiger partial charge in [0.05, 0.1) is 48.2 Å². The molecule has 0 bridgehead atoms. The Labute approximate surface area is 317 Å². The molecule has 0 radical (unpaired) electrons. The number of morpholine rings is 1. The zero-order valence-electron chi connectivity index (χ0n) is 30.1. The van der Waals surface area contributed by atoms with Crippen LogP contribution in [0, 0.1) is 13.8 Å². The lowest BCUT2D eigenvalue weighted by atomic mass is 9.86. The number of nitrogens with zero attached hydrogens (tertiary/aromatic N) is 4. The summed E-state index contributed by atoms with van der Waals surface area (Å²) in [5.41, 5.74) is -0.0730. The van der Waals surface area contributed by atoms with Gasteiger partial charge in [-0.1, -0.05) is 15.9 Å². The molecule has 2 aromatic carbocycles. The molecule has 4 aromatic rings. The Bertz CT molecular complexity index is 2090. The maximum Gasteiger partial charge on any atom is 0.417 e. The number of amides is 3. The minimum atomic E-state index is -4.74. The highest BCUT2D eigenvalue weighted by atomic mass is 79.9. The smallest absolute Gasteiger partial charge is 0.417 e. The lowest BCUT2D eigenvalue weighted by Crippen LogP contribution is -2.52. The van der Waals surface area contributed by atoms with Crippen molar-refractivity contribution in [3.8, 4) is 5.75 Å². The molecule has 2 aliphatic heterocycles. The number of carbonyl (C=O) groups is 2. The van der Waals surface area contributed by atoms with Crippen molar-refractivity contribution in [1.82, 2.24) is 14.9 Å². The summed E-state index contributed by atoms with van der Waals surface area (Å²) >= 11 is 3.51. The van der Waals surface area contributed by atoms with Gasteiger partial charge in [0.25, 0.3) is 5.91 Å². The molecule has 0 saturated carbocycles. The number of nitrogens with one attached hydrogen (secondary N) is 2. The topological polar surface area (TPSA) is 148 Å². The first kappa shape index (κ1) is 39.1. The number of fused-ring (bicyclic) bond motifs is 2. The fourth-order valence-electron chi connectivity index (χ4n) is 6.52.